The van der Waals surface area contributed by atoms with Crippen molar-refractivity contribution in [3.63, 3.8) is 0 Å². The summed E-state index contributed by atoms with van der Waals surface area (Å²) in [5, 5.41) is 0. The van der Waals surface area contributed by atoms with Gasteiger partial charge >= 0.3 is 0 Å². The van der Waals surface area contributed by atoms with E-state index in [1.54, 1.807) is 0 Å². The number of hydrogen-bond donors (Lipinski definition) is 0. The van der Waals surface area contributed by atoms with Crippen LogP contribution in [0.3, 0.4) is 0 Å². The van der Waals surface area contributed by atoms with Crippen molar-refractivity contribution in [3.8, 4) is 0 Å². The molecule has 0 radical (unpaired) electrons. The topological polar surface area (TPSA) is 20.3 Å². The van der Waals surface area contributed by atoms with E-state index in [4.69, 9.17) is 0 Å². The average molecular weight is 259 g/mol. The largest absolute Gasteiger partial charge is 0.293 e. The molecule has 1 aromatic rings. The van der Waals surface area contributed by atoms with Crippen molar-refractivity contribution in [2.75, 3.05) is 13.1 Å². The molecule has 1 atom stereocenters. The molecule has 104 valence electrons. The molecule has 1 aliphatic rings. The number of benzene rings is 1. The second kappa shape index (κ2) is 6.33. The number of nitrogens with zero attached hydrogens (tertiary/aromatic N) is 1. The third kappa shape index (κ3) is 3.24. The summed E-state index contributed by atoms with van der Waals surface area (Å²) >= 11 is 0. The van der Waals surface area contributed by atoms with Gasteiger partial charge < -0.3 is 0 Å². The van der Waals surface area contributed by atoms with E-state index < -0.39 is 0 Å². The number of carbonyl (C=O) groups excluding carboxylic acids is 1. The van der Waals surface area contributed by atoms with Crippen LogP contribution in [0.4, 0.5) is 0 Å². The molecule has 19 heavy (non-hydrogen) atoms. The van der Waals surface area contributed by atoms with Gasteiger partial charge in [0, 0.05) is 5.56 Å². The predicted octanol–water partition coefficient (Wildman–Crippen LogP) is 3.75. The van der Waals surface area contributed by atoms with Crippen LogP contribution in [-0.4, -0.2) is 29.8 Å². The van der Waals surface area contributed by atoms with Gasteiger partial charge in [0.15, 0.2) is 5.78 Å². The summed E-state index contributed by atoms with van der Waals surface area (Å²) in [4.78, 5) is 15.1. The zero-order chi connectivity index (χ0) is 13.8. The molecular weight excluding hydrogens is 234 g/mol. The summed E-state index contributed by atoms with van der Waals surface area (Å²) in [6, 6.07) is 6.20. The number of ketones is 1. The van der Waals surface area contributed by atoms with Gasteiger partial charge in [-0.2, -0.15) is 0 Å². The number of Topliss-reactive ketones (excluding diaryl/α,β-unsaturated/α-hetero) is 1. The SMILES string of the molecule is CCC[C@@H](C(=O)c1ccc(C)c(C)c1)N1CCCC1. The molecule has 2 heteroatoms. The Morgan fingerprint density at radius 3 is 2.47 bits per heavy atom. The van der Waals surface area contributed by atoms with Gasteiger partial charge in [-0.25, -0.2) is 0 Å². The van der Waals surface area contributed by atoms with Crippen LogP contribution in [0.1, 0.15) is 54.1 Å². The molecule has 0 aromatic heterocycles. The molecule has 0 saturated carbocycles. The summed E-state index contributed by atoms with van der Waals surface area (Å²) in [6.07, 6.45) is 4.52. The van der Waals surface area contributed by atoms with Crippen molar-refractivity contribution in [1.29, 1.82) is 0 Å². The van der Waals surface area contributed by atoms with Gasteiger partial charge in [0.2, 0.25) is 0 Å². The van der Waals surface area contributed by atoms with Crippen molar-refractivity contribution in [2.24, 2.45) is 0 Å². The van der Waals surface area contributed by atoms with Crippen LogP contribution in [0, 0.1) is 13.8 Å². The van der Waals surface area contributed by atoms with Crippen LogP contribution in [0.15, 0.2) is 18.2 Å². The van der Waals surface area contributed by atoms with Crippen LogP contribution in [0.2, 0.25) is 0 Å². The van der Waals surface area contributed by atoms with Crippen LogP contribution in [0.25, 0.3) is 0 Å². The normalized spacial score (nSPS) is 17.6. The lowest BCUT2D eigenvalue weighted by Crippen LogP contribution is -2.39. The summed E-state index contributed by atoms with van der Waals surface area (Å²) in [7, 11) is 0. The first kappa shape index (κ1) is 14.3. The van der Waals surface area contributed by atoms with Crippen molar-refractivity contribution in [1.82, 2.24) is 4.90 Å². The van der Waals surface area contributed by atoms with E-state index in [-0.39, 0.29) is 6.04 Å². The Hall–Kier alpha value is -1.15. The van der Waals surface area contributed by atoms with E-state index in [1.807, 2.05) is 6.07 Å². The minimum atomic E-state index is 0.0922. The van der Waals surface area contributed by atoms with E-state index >= 15 is 0 Å². The predicted molar refractivity (Wildman–Crippen MR) is 79.7 cm³/mol. The average Bonchev–Trinajstić information content (AvgIpc) is 2.92. The van der Waals surface area contributed by atoms with Crippen LogP contribution < -0.4 is 0 Å². The molecule has 0 bridgehead atoms. The molecule has 1 heterocycles. The van der Waals surface area contributed by atoms with Gasteiger partial charge in [-0.1, -0.05) is 25.5 Å². The molecule has 1 fully saturated rings. The van der Waals surface area contributed by atoms with E-state index in [0.717, 1.165) is 31.5 Å². The number of aryl methyl sites for hydroxylation is 2. The van der Waals surface area contributed by atoms with Crippen molar-refractivity contribution in [2.45, 2.75) is 52.5 Å². The lowest BCUT2D eigenvalue weighted by Gasteiger charge is -2.26. The third-order valence-corrected chi connectivity index (χ3v) is 4.24. The Morgan fingerprint density at radius 1 is 1.21 bits per heavy atom. The maximum atomic E-state index is 12.7. The summed E-state index contributed by atoms with van der Waals surface area (Å²) < 4.78 is 0. The van der Waals surface area contributed by atoms with E-state index in [2.05, 4.69) is 37.8 Å². The minimum Gasteiger partial charge on any atom is -0.293 e. The fraction of sp³-hybridized carbons (Fsp3) is 0.588. The van der Waals surface area contributed by atoms with Crippen LogP contribution >= 0.6 is 0 Å². The summed E-state index contributed by atoms with van der Waals surface area (Å²) in [6.45, 7) is 8.50. The Kier molecular flexibility index (Phi) is 4.76. The maximum Gasteiger partial charge on any atom is 0.179 e. The molecule has 0 spiro atoms. The highest BCUT2D eigenvalue weighted by Crippen LogP contribution is 2.20. The maximum absolute atomic E-state index is 12.7. The molecule has 0 aliphatic carbocycles. The van der Waals surface area contributed by atoms with Crippen molar-refractivity contribution >= 4 is 5.78 Å². The fourth-order valence-corrected chi connectivity index (χ4v) is 2.89. The van der Waals surface area contributed by atoms with E-state index in [1.165, 1.54) is 24.0 Å². The Bertz CT molecular complexity index is 447. The highest BCUT2D eigenvalue weighted by molar-refractivity contribution is 6.00. The molecule has 1 aliphatic heterocycles. The highest BCUT2D eigenvalue weighted by atomic mass is 16.1. The summed E-state index contributed by atoms with van der Waals surface area (Å²) in [5.41, 5.74) is 3.35. The third-order valence-electron chi connectivity index (χ3n) is 4.24. The molecular formula is C17H25NO. The fourth-order valence-electron chi connectivity index (χ4n) is 2.89. The van der Waals surface area contributed by atoms with Gasteiger partial charge in [0.25, 0.3) is 0 Å². The minimum absolute atomic E-state index is 0.0922. The highest BCUT2D eigenvalue weighted by Gasteiger charge is 2.28. The Balaban J connectivity index is 2.20. The monoisotopic (exact) mass is 259 g/mol. The van der Waals surface area contributed by atoms with Gasteiger partial charge in [-0.05, 0) is 63.4 Å². The van der Waals surface area contributed by atoms with Crippen molar-refractivity contribution < 1.29 is 4.79 Å². The van der Waals surface area contributed by atoms with Crippen molar-refractivity contribution in [3.05, 3.63) is 34.9 Å². The van der Waals surface area contributed by atoms with Gasteiger partial charge in [-0.15, -0.1) is 0 Å². The van der Waals surface area contributed by atoms with Gasteiger partial charge in [0.1, 0.15) is 0 Å². The quantitative estimate of drug-likeness (QED) is 0.751. The molecule has 1 saturated heterocycles. The summed E-state index contributed by atoms with van der Waals surface area (Å²) in [5.74, 6) is 0.312. The molecule has 1 aromatic carbocycles. The lowest BCUT2D eigenvalue weighted by atomic mass is 9.96. The van der Waals surface area contributed by atoms with E-state index in [0.29, 0.717) is 5.78 Å². The van der Waals surface area contributed by atoms with Gasteiger partial charge in [0.05, 0.1) is 6.04 Å². The zero-order valence-electron chi connectivity index (χ0n) is 12.4. The number of hydrogen-bond acceptors (Lipinski definition) is 2. The van der Waals surface area contributed by atoms with Crippen LogP contribution in [-0.2, 0) is 0 Å². The Morgan fingerprint density at radius 2 is 1.89 bits per heavy atom. The van der Waals surface area contributed by atoms with Crippen LogP contribution in [0.5, 0.6) is 0 Å². The van der Waals surface area contributed by atoms with E-state index in [9.17, 15) is 4.79 Å². The smallest absolute Gasteiger partial charge is 0.179 e. The molecule has 0 unspecified atom stereocenters. The molecule has 0 amide bonds. The zero-order valence-corrected chi connectivity index (χ0v) is 12.4. The first-order valence-electron chi connectivity index (χ1n) is 7.49. The first-order valence-corrected chi connectivity index (χ1v) is 7.49. The number of rotatable bonds is 5. The standard InChI is InChI=1S/C17H25NO/c1-4-7-16(18-10-5-6-11-18)17(19)15-9-8-13(2)14(3)12-15/h8-9,12,16H,4-7,10-11H2,1-3H3/t16-/m0/s1. The number of likely N-dealkylation sites (tertiary alicyclic amines) is 1. The number of carbonyl (C=O) groups is 1. The molecule has 0 N–H and O–H groups in total. The first-order chi connectivity index (χ1) is 9.13. The Labute approximate surface area is 116 Å². The second-order valence-electron chi connectivity index (χ2n) is 5.71. The molecule has 2 rings (SSSR count). The lowest BCUT2D eigenvalue weighted by molar-refractivity contribution is 0.0837. The van der Waals surface area contributed by atoms with Gasteiger partial charge in [-0.3, -0.25) is 9.69 Å². The second-order valence-corrected chi connectivity index (χ2v) is 5.71. The molecule has 2 nitrogen and oxygen atoms in total.